The number of anilines is 1. The number of rotatable bonds is 7. The third kappa shape index (κ3) is 4.97. The van der Waals surface area contributed by atoms with Gasteiger partial charge < -0.3 is 9.72 Å². The number of ketones is 2. The fraction of sp³-hybridized carbons (Fsp3) is 0.317. The van der Waals surface area contributed by atoms with Crippen molar-refractivity contribution in [2.75, 3.05) is 4.90 Å². The van der Waals surface area contributed by atoms with Gasteiger partial charge in [0.15, 0.2) is 11.6 Å². The first-order valence-corrected chi connectivity index (χ1v) is 17.4. The zero-order valence-corrected chi connectivity index (χ0v) is 28.4. The Kier molecular flexibility index (Phi) is 7.55. The molecular formula is C41H37N3O6. The number of ether oxygens (including phenoxy) is 1. The molecule has 8 rings (SSSR count). The summed E-state index contributed by atoms with van der Waals surface area (Å²) in [7, 11) is 0. The molecule has 4 aromatic carbocycles. The summed E-state index contributed by atoms with van der Waals surface area (Å²) in [6, 6.07) is 19.0. The number of hydrogen-bond donors (Lipinski definition) is 1. The number of para-hydroxylation sites is 1. The van der Waals surface area contributed by atoms with E-state index >= 15 is 0 Å². The second kappa shape index (κ2) is 11.9. The molecule has 0 unspecified atom stereocenters. The molecule has 0 bridgehead atoms. The van der Waals surface area contributed by atoms with Crippen LogP contribution in [-0.2, 0) is 0 Å². The first-order valence-electron chi connectivity index (χ1n) is 17.4. The maximum atomic E-state index is 14.2. The normalized spacial score (nSPS) is 16.7. The minimum atomic E-state index is -1.29. The average Bonchev–Trinajstić information content (AvgIpc) is 3.77. The van der Waals surface area contributed by atoms with Gasteiger partial charge in [0, 0.05) is 17.2 Å². The Morgan fingerprint density at radius 3 is 1.92 bits per heavy atom. The van der Waals surface area contributed by atoms with E-state index in [9.17, 15) is 24.0 Å². The zero-order chi connectivity index (χ0) is 35.0. The predicted octanol–water partition coefficient (Wildman–Crippen LogP) is 7.76. The molecule has 0 saturated heterocycles. The Morgan fingerprint density at radius 1 is 0.740 bits per heavy atom. The predicted molar refractivity (Wildman–Crippen MR) is 191 cm³/mol. The van der Waals surface area contributed by atoms with Gasteiger partial charge >= 0.3 is 0 Å². The van der Waals surface area contributed by atoms with Crippen LogP contribution in [0.1, 0.15) is 118 Å². The molecule has 0 atom stereocenters. The molecule has 2 aliphatic carbocycles. The number of carbonyl (C=O) groups excluding carboxylic acids is 4. The number of aromatic nitrogens is 2. The number of benzene rings is 4. The van der Waals surface area contributed by atoms with Crippen molar-refractivity contribution in [2.24, 2.45) is 11.8 Å². The summed E-state index contributed by atoms with van der Waals surface area (Å²) in [5.41, 5.74) is 2.32. The summed E-state index contributed by atoms with van der Waals surface area (Å²) in [5.74, 6) is -1.76. The standard InChI is InChI=1S/C41H37N3O6/c1-20(2)37(21(3)4)50-25-13-14-26(22-9-5-6-10-22)33(19-25)44-40(48)30-17-23-15-28-29(16-24(23)18-31(30)41(44)49)36(46)34(35(28)45)38-42-32-12-8-7-11-27(32)39(47)43-38/h7-8,11-22,34,37H,5-6,9-10H2,1-4H3,(H,42,43,47). The van der Waals surface area contributed by atoms with Crippen LogP contribution < -0.4 is 15.2 Å². The summed E-state index contributed by atoms with van der Waals surface area (Å²) < 4.78 is 6.46. The maximum Gasteiger partial charge on any atom is 0.266 e. The van der Waals surface area contributed by atoms with Crippen molar-refractivity contribution in [3.05, 3.63) is 111 Å². The summed E-state index contributed by atoms with van der Waals surface area (Å²) in [6.07, 6.45) is 4.11. The Morgan fingerprint density at radius 2 is 1.32 bits per heavy atom. The number of amides is 2. The lowest BCUT2D eigenvalue weighted by Crippen LogP contribution is -2.31. The number of carbonyl (C=O) groups is 4. The van der Waals surface area contributed by atoms with Gasteiger partial charge in [-0.1, -0.05) is 58.7 Å². The topological polar surface area (TPSA) is 126 Å². The zero-order valence-electron chi connectivity index (χ0n) is 28.4. The van der Waals surface area contributed by atoms with Crippen LogP contribution in [0.5, 0.6) is 5.75 Å². The molecule has 9 nitrogen and oxygen atoms in total. The van der Waals surface area contributed by atoms with Crippen molar-refractivity contribution >= 4 is 50.7 Å². The fourth-order valence-electron chi connectivity index (χ4n) is 8.15. The quantitative estimate of drug-likeness (QED) is 0.139. The average molecular weight is 668 g/mol. The van der Waals surface area contributed by atoms with E-state index in [4.69, 9.17) is 4.74 Å². The van der Waals surface area contributed by atoms with Crippen molar-refractivity contribution in [3.8, 4) is 5.75 Å². The van der Waals surface area contributed by atoms with Crippen molar-refractivity contribution in [1.82, 2.24) is 9.97 Å². The number of hydrogen-bond acceptors (Lipinski definition) is 7. The number of nitrogens with zero attached hydrogens (tertiary/aromatic N) is 2. The number of aromatic amines is 1. The lowest BCUT2D eigenvalue weighted by Gasteiger charge is -2.28. The molecule has 9 heteroatoms. The maximum absolute atomic E-state index is 14.2. The summed E-state index contributed by atoms with van der Waals surface area (Å²) in [5, 5.41) is 1.47. The lowest BCUT2D eigenvalue weighted by molar-refractivity contribution is 0.0880. The van der Waals surface area contributed by atoms with Crippen LogP contribution in [0.2, 0.25) is 0 Å². The van der Waals surface area contributed by atoms with E-state index in [1.807, 2.05) is 18.2 Å². The molecule has 1 fully saturated rings. The highest BCUT2D eigenvalue weighted by atomic mass is 16.5. The number of H-pyrrole nitrogens is 1. The van der Waals surface area contributed by atoms with E-state index in [2.05, 4.69) is 37.7 Å². The Hall–Kier alpha value is -5.44. The first kappa shape index (κ1) is 31.8. The van der Waals surface area contributed by atoms with E-state index in [1.165, 1.54) is 4.90 Å². The van der Waals surface area contributed by atoms with Gasteiger partial charge in [-0.05, 0) is 89.4 Å². The number of nitrogens with one attached hydrogen (secondary N) is 1. The monoisotopic (exact) mass is 667 g/mol. The van der Waals surface area contributed by atoms with Crippen LogP contribution in [0, 0.1) is 11.8 Å². The van der Waals surface area contributed by atoms with Gasteiger partial charge in [-0.25, -0.2) is 9.88 Å². The number of fused-ring (bicyclic) bond motifs is 4. The highest BCUT2D eigenvalue weighted by Gasteiger charge is 2.43. The number of imide groups is 1. The van der Waals surface area contributed by atoms with Gasteiger partial charge in [-0.15, -0.1) is 0 Å². The molecule has 0 radical (unpaired) electrons. The van der Waals surface area contributed by atoms with Crippen molar-refractivity contribution in [3.63, 3.8) is 0 Å². The molecular weight excluding hydrogens is 630 g/mol. The first-order chi connectivity index (χ1) is 24.0. The van der Waals surface area contributed by atoms with Gasteiger partial charge in [0.1, 0.15) is 23.6 Å². The Bertz CT molecular complexity index is 2270. The smallest absolute Gasteiger partial charge is 0.266 e. The minimum absolute atomic E-state index is 0.00941. The van der Waals surface area contributed by atoms with Gasteiger partial charge in [-0.2, -0.15) is 0 Å². The Balaban J connectivity index is 1.18. The molecule has 1 N–H and O–H groups in total. The molecule has 2 heterocycles. The second-order valence-electron chi connectivity index (χ2n) is 14.5. The minimum Gasteiger partial charge on any atom is -0.490 e. The van der Waals surface area contributed by atoms with E-state index in [0.717, 1.165) is 31.2 Å². The highest BCUT2D eigenvalue weighted by Crippen LogP contribution is 2.44. The molecule has 5 aromatic rings. The van der Waals surface area contributed by atoms with E-state index < -0.39 is 34.9 Å². The third-order valence-electron chi connectivity index (χ3n) is 10.6. The van der Waals surface area contributed by atoms with Crippen LogP contribution in [0.15, 0.2) is 71.5 Å². The fourth-order valence-corrected chi connectivity index (χ4v) is 8.15. The third-order valence-corrected chi connectivity index (χ3v) is 10.6. The van der Waals surface area contributed by atoms with E-state index in [-0.39, 0.29) is 51.9 Å². The molecule has 1 saturated carbocycles. The largest absolute Gasteiger partial charge is 0.490 e. The van der Waals surface area contributed by atoms with Crippen LogP contribution in [-0.4, -0.2) is 39.5 Å². The van der Waals surface area contributed by atoms with Crippen LogP contribution in [0.3, 0.4) is 0 Å². The summed E-state index contributed by atoms with van der Waals surface area (Å²) in [6.45, 7) is 8.47. The van der Waals surface area contributed by atoms with Gasteiger partial charge in [0.25, 0.3) is 17.4 Å². The molecule has 3 aliphatic rings. The molecule has 1 aliphatic heterocycles. The molecule has 2 amide bonds. The van der Waals surface area contributed by atoms with Gasteiger partial charge in [0.2, 0.25) is 0 Å². The van der Waals surface area contributed by atoms with Crippen LogP contribution in [0.25, 0.3) is 21.7 Å². The molecule has 0 spiro atoms. The highest BCUT2D eigenvalue weighted by molar-refractivity contribution is 6.36. The second-order valence-corrected chi connectivity index (χ2v) is 14.5. The van der Waals surface area contributed by atoms with Crippen molar-refractivity contribution < 1.29 is 23.9 Å². The SMILES string of the molecule is CC(C)C(Oc1ccc(C2CCCC2)c(N2C(=O)c3cc4cc5c(cc4cc3C2=O)C(=O)C(c2nc3ccccc3c(=O)[nH]2)C5=O)c1)C(C)C. The molecule has 1 aromatic heterocycles. The summed E-state index contributed by atoms with van der Waals surface area (Å²) >= 11 is 0. The van der Waals surface area contributed by atoms with Crippen LogP contribution in [0.4, 0.5) is 5.69 Å². The van der Waals surface area contributed by atoms with Crippen LogP contribution >= 0.6 is 0 Å². The van der Waals surface area contributed by atoms with E-state index in [0.29, 0.717) is 33.1 Å². The Labute approximate surface area is 288 Å². The van der Waals surface area contributed by atoms with Crippen molar-refractivity contribution in [2.45, 2.75) is 71.3 Å². The lowest BCUT2D eigenvalue weighted by atomic mass is 9.94. The van der Waals surface area contributed by atoms with E-state index in [1.54, 1.807) is 48.5 Å². The summed E-state index contributed by atoms with van der Waals surface area (Å²) in [4.78, 5) is 76.9. The van der Waals surface area contributed by atoms with Crippen molar-refractivity contribution in [1.29, 1.82) is 0 Å². The van der Waals surface area contributed by atoms with Gasteiger partial charge in [-0.3, -0.25) is 24.0 Å². The molecule has 252 valence electrons. The van der Waals surface area contributed by atoms with Gasteiger partial charge in [0.05, 0.1) is 27.7 Å². The number of Topliss-reactive ketones (excluding diaryl/α,β-unsaturated/α-hetero) is 2. The molecule has 50 heavy (non-hydrogen) atoms.